The van der Waals surface area contributed by atoms with Crippen molar-refractivity contribution in [2.75, 3.05) is 0 Å². The maximum Gasteiger partial charge on any atom is 0.337 e. The Morgan fingerprint density at radius 1 is 1.04 bits per heavy atom. The molecular formula is C22H21ClN2O2. The minimum Gasteiger partial charge on any atom is -0.478 e. The maximum absolute atomic E-state index is 11.2. The summed E-state index contributed by atoms with van der Waals surface area (Å²) in [5.74, 6) is -1.03. The molecule has 0 saturated heterocycles. The molecular weight excluding hydrogens is 360 g/mol. The van der Waals surface area contributed by atoms with Gasteiger partial charge in [0.1, 0.15) is 0 Å². The minimum absolute atomic E-state index is 0.0967. The number of carbonyl (C=O) groups is 1. The highest BCUT2D eigenvalue weighted by atomic mass is 35.5. The summed E-state index contributed by atoms with van der Waals surface area (Å²) in [6.07, 6.45) is 1.86. The molecule has 2 aromatic carbocycles. The van der Waals surface area contributed by atoms with E-state index < -0.39 is 5.97 Å². The number of aryl methyl sites for hydroxylation is 3. The van der Waals surface area contributed by atoms with E-state index in [2.05, 4.69) is 37.0 Å². The molecule has 1 N–H and O–H groups in total. The van der Waals surface area contributed by atoms with Crippen LogP contribution in [0.2, 0.25) is 5.02 Å². The largest absolute Gasteiger partial charge is 0.478 e. The Balaban J connectivity index is 1.97. The predicted molar refractivity (Wildman–Crippen MR) is 110 cm³/mol. The number of nitrogens with zero attached hydrogens (tertiary/aromatic N) is 2. The fraction of sp³-hybridized carbons (Fsp3) is 0.182. The highest BCUT2D eigenvalue weighted by Crippen LogP contribution is 2.25. The van der Waals surface area contributed by atoms with Gasteiger partial charge in [-0.1, -0.05) is 17.7 Å². The van der Waals surface area contributed by atoms with Gasteiger partial charge >= 0.3 is 5.97 Å². The molecule has 0 unspecified atom stereocenters. The molecule has 3 rings (SSSR count). The van der Waals surface area contributed by atoms with Crippen LogP contribution < -0.4 is 0 Å². The molecule has 4 nitrogen and oxygen atoms in total. The first-order valence-corrected chi connectivity index (χ1v) is 8.99. The zero-order chi connectivity index (χ0) is 19.7. The number of carboxylic acids is 1. The van der Waals surface area contributed by atoms with Crippen LogP contribution in [0, 0.1) is 27.7 Å². The fourth-order valence-electron chi connectivity index (χ4n) is 3.08. The van der Waals surface area contributed by atoms with E-state index in [1.54, 1.807) is 12.1 Å². The second kappa shape index (κ2) is 7.41. The van der Waals surface area contributed by atoms with E-state index in [9.17, 15) is 4.79 Å². The summed E-state index contributed by atoms with van der Waals surface area (Å²) >= 11 is 6.13. The molecule has 3 aromatic rings. The van der Waals surface area contributed by atoms with Gasteiger partial charge in [0, 0.05) is 28.9 Å². The molecule has 27 heavy (non-hydrogen) atoms. The summed E-state index contributed by atoms with van der Waals surface area (Å²) in [6.45, 7) is 8.16. The van der Waals surface area contributed by atoms with Gasteiger partial charge in [-0.15, -0.1) is 0 Å². The number of benzene rings is 2. The molecule has 0 amide bonds. The maximum atomic E-state index is 11.2. The first-order chi connectivity index (χ1) is 12.8. The van der Waals surface area contributed by atoms with Gasteiger partial charge in [-0.05, 0) is 75.2 Å². The third-order valence-corrected chi connectivity index (χ3v) is 5.07. The van der Waals surface area contributed by atoms with E-state index in [-0.39, 0.29) is 10.6 Å². The second-order valence-electron chi connectivity index (χ2n) is 6.66. The zero-order valence-corrected chi connectivity index (χ0v) is 16.5. The SMILES string of the molecule is Cc1ccc(N=Cc2cc(C)n(-c3ccc(C(=O)O)c(Cl)c3)c2C)cc1C. The Kier molecular flexibility index (Phi) is 5.19. The fourth-order valence-corrected chi connectivity index (χ4v) is 3.34. The smallest absolute Gasteiger partial charge is 0.337 e. The average molecular weight is 381 g/mol. The molecule has 0 atom stereocenters. The topological polar surface area (TPSA) is 54.6 Å². The summed E-state index contributed by atoms with van der Waals surface area (Å²) in [7, 11) is 0. The van der Waals surface area contributed by atoms with E-state index in [4.69, 9.17) is 16.7 Å². The van der Waals surface area contributed by atoms with Gasteiger partial charge in [-0.2, -0.15) is 0 Å². The van der Waals surface area contributed by atoms with Gasteiger partial charge in [-0.25, -0.2) is 4.79 Å². The van der Waals surface area contributed by atoms with Crippen molar-refractivity contribution in [2.24, 2.45) is 4.99 Å². The molecule has 0 fully saturated rings. The third kappa shape index (κ3) is 3.81. The van der Waals surface area contributed by atoms with Crippen molar-refractivity contribution in [1.29, 1.82) is 0 Å². The van der Waals surface area contributed by atoms with E-state index in [1.165, 1.54) is 17.2 Å². The Labute approximate surface area is 163 Å². The van der Waals surface area contributed by atoms with Crippen LogP contribution in [0.5, 0.6) is 0 Å². The standard InChI is InChI=1S/C22H21ClN2O2/c1-13-5-6-18(9-14(13)2)24-12-17-10-15(3)25(16(17)4)19-7-8-20(22(26)27)21(23)11-19/h5-12H,1-4H3,(H,26,27). The lowest BCUT2D eigenvalue weighted by Crippen LogP contribution is -2.02. The summed E-state index contributed by atoms with van der Waals surface area (Å²) in [6, 6.07) is 13.2. The number of carboxylic acid groups (broad SMARTS) is 1. The summed E-state index contributed by atoms with van der Waals surface area (Å²) in [5, 5.41) is 9.37. The average Bonchev–Trinajstić information content (AvgIpc) is 2.89. The lowest BCUT2D eigenvalue weighted by atomic mass is 10.1. The van der Waals surface area contributed by atoms with Crippen molar-refractivity contribution in [3.05, 3.63) is 81.1 Å². The second-order valence-corrected chi connectivity index (χ2v) is 7.07. The number of aliphatic imine (C=N–C) groups is 1. The number of aromatic nitrogens is 1. The number of hydrogen-bond donors (Lipinski definition) is 1. The van der Waals surface area contributed by atoms with E-state index in [0.717, 1.165) is 28.3 Å². The zero-order valence-electron chi connectivity index (χ0n) is 15.7. The van der Waals surface area contributed by atoms with E-state index in [0.29, 0.717) is 0 Å². The van der Waals surface area contributed by atoms with Gasteiger partial charge in [-0.3, -0.25) is 4.99 Å². The summed E-state index contributed by atoms with van der Waals surface area (Å²) in [5.41, 5.74) is 7.33. The van der Waals surface area contributed by atoms with Crippen LogP contribution in [0.3, 0.4) is 0 Å². The van der Waals surface area contributed by atoms with Crippen molar-refractivity contribution >= 4 is 29.5 Å². The lowest BCUT2D eigenvalue weighted by molar-refractivity contribution is 0.0697. The summed E-state index contributed by atoms with van der Waals surface area (Å²) < 4.78 is 2.04. The van der Waals surface area contributed by atoms with Gasteiger partial charge in [0.15, 0.2) is 0 Å². The van der Waals surface area contributed by atoms with Gasteiger partial charge in [0.2, 0.25) is 0 Å². The van der Waals surface area contributed by atoms with Crippen LogP contribution in [0.1, 0.15) is 38.4 Å². The molecule has 5 heteroatoms. The van der Waals surface area contributed by atoms with Crippen LogP contribution in [-0.4, -0.2) is 21.9 Å². The van der Waals surface area contributed by atoms with Crippen LogP contribution in [0.4, 0.5) is 5.69 Å². The lowest BCUT2D eigenvalue weighted by Gasteiger charge is -2.11. The molecule has 138 valence electrons. The first-order valence-electron chi connectivity index (χ1n) is 8.61. The molecule has 0 aliphatic carbocycles. The molecule has 0 spiro atoms. The quantitative estimate of drug-likeness (QED) is 0.580. The Morgan fingerprint density at radius 2 is 1.78 bits per heavy atom. The Hall–Kier alpha value is -2.85. The highest BCUT2D eigenvalue weighted by molar-refractivity contribution is 6.33. The van der Waals surface area contributed by atoms with Crippen LogP contribution >= 0.6 is 11.6 Å². The van der Waals surface area contributed by atoms with Crippen molar-refractivity contribution in [3.8, 4) is 5.69 Å². The predicted octanol–water partition coefficient (Wildman–Crippen LogP) is 5.81. The van der Waals surface area contributed by atoms with Crippen LogP contribution in [0.25, 0.3) is 5.69 Å². The number of aromatic carboxylic acids is 1. The molecule has 0 saturated carbocycles. The molecule has 0 aliphatic heterocycles. The normalized spacial score (nSPS) is 11.3. The van der Waals surface area contributed by atoms with Crippen molar-refractivity contribution < 1.29 is 9.90 Å². The number of hydrogen-bond acceptors (Lipinski definition) is 2. The monoisotopic (exact) mass is 380 g/mol. The van der Waals surface area contributed by atoms with Crippen molar-refractivity contribution in [1.82, 2.24) is 4.57 Å². The molecule has 0 radical (unpaired) electrons. The molecule has 1 aromatic heterocycles. The van der Waals surface area contributed by atoms with E-state index >= 15 is 0 Å². The third-order valence-electron chi connectivity index (χ3n) is 4.75. The Bertz CT molecular complexity index is 1060. The first kappa shape index (κ1) is 18.9. The minimum atomic E-state index is -1.03. The van der Waals surface area contributed by atoms with E-state index in [1.807, 2.05) is 30.7 Å². The highest BCUT2D eigenvalue weighted by Gasteiger charge is 2.13. The van der Waals surface area contributed by atoms with Gasteiger partial charge in [0.05, 0.1) is 16.3 Å². The van der Waals surface area contributed by atoms with Gasteiger partial charge in [0.25, 0.3) is 0 Å². The van der Waals surface area contributed by atoms with Gasteiger partial charge < -0.3 is 9.67 Å². The molecule has 0 bridgehead atoms. The molecule has 1 heterocycles. The van der Waals surface area contributed by atoms with Crippen molar-refractivity contribution in [3.63, 3.8) is 0 Å². The van der Waals surface area contributed by atoms with Crippen LogP contribution in [0.15, 0.2) is 47.5 Å². The number of rotatable bonds is 4. The van der Waals surface area contributed by atoms with Crippen LogP contribution in [-0.2, 0) is 0 Å². The molecule has 0 aliphatic rings. The van der Waals surface area contributed by atoms with Crippen molar-refractivity contribution in [2.45, 2.75) is 27.7 Å². The summed E-state index contributed by atoms with van der Waals surface area (Å²) in [4.78, 5) is 15.8. The number of halogens is 1. The Morgan fingerprint density at radius 3 is 2.41 bits per heavy atom.